The average Bonchev–Trinajstić information content (AvgIpc) is 2.45. The molecule has 21 heavy (non-hydrogen) atoms. The topological polar surface area (TPSA) is 61.5 Å². The molecule has 0 aromatic heterocycles. The standard InChI is InChI=1S/C17H19NO3/c1-4-20-17(19)14-6-5-7-15(16(14)18)21-13-9-8-11(2)12(3)10-13/h5-10H,4,18H2,1-3H3. The van der Waals surface area contributed by atoms with Crippen molar-refractivity contribution < 1.29 is 14.3 Å². The fourth-order valence-electron chi connectivity index (χ4n) is 1.92. The summed E-state index contributed by atoms with van der Waals surface area (Å²) in [6.45, 7) is 6.11. The number of hydrogen-bond donors (Lipinski definition) is 1. The van der Waals surface area contributed by atoms with Gasteiger partial charge in [-0.05, 0) is 56.2 Å². The third kappa shape index (κ3) is 3.34. The number of carbonyl (C=O) groups excluding carboxylic acids is 1. The van der Waals surface area contributed by atoms with Crippen LogP contribution in [0.1, 0.15) is 28.4 Å². The highest BCUT2D eigenvalue weighted by molar-refractivity contribution is 5.96. The summed E-state index contributed by atoms with van der Waals surface area (Å²) in [5, 5.41) is 0. The van der Waals surface area contributed by atoms with Gasteiger partial charge in [0.05, 0.1) is 17.9 Å². The Morgan fingerprint density at radius 1 is 1.14 bits per heavy atom. The number of para-hydroxylation sites is 1. The highest BCUT2D eigenvalue weighted by atomic mass is 16.5. The maximum absolute atomic E-state index is 11.8. The lowest BCUT2D eigenvalue weighted by molar-refractivity contribution is 0.0527. The molecule has 0 aliphatic heterocycles. The van der Waals surface area contributed by atoms with Crippen LogP contribution in [0.5, 0.6) is 11.5 Å². The van der Waals surface area contributed by atoms with Crippen molar-refractivity contribution in [2.75, 3.05) is 12.3 Å². The number of hydrogen-bond acceptors (Lipinski definition) is 4. The first-order valence-corrected chi connectivity index (χ1v) is 6.83. The van der Waals surface area contributed by atoms with Crippen molar-refractivity contribution in [2.24, 2.45) is 0 Å². The van der Waals surface area contributed by atoms with Crippen LogP contribution in [0.4, 0.5) is 5.69 Å². The lowest BCUT2D eigenvalue weighted by atomic mass is 10.1. The molecule has 0 saturated heterocycles. The van der Waals surface area contributed by atoms with Crippen LogP contribution in [0.15, 0.2) is 36.4 Å². The minimum absolute atomic E-state index is 0.286. The van der Waals surface area contributed by atoms with E-state index in [9.17, 15) is 4.79 Å². The summed E-state index contributed by atoms with van der Waals surface area (Å²) in [6, 6.07) is 10.9. The van der Waals surface area contributed by atoms with Crippen LogP contribution in [-0.2, 0) is 4.74 Å². The van der Waals surface area contributed by atoms with Gasteiger partial charge in [0.2, 0.25) is 0 Å². The Balaban J connectivity index is 2.30. The van der Waals surface area contributed by atoms with E-state index in [1.165, 1.54) is 5.56 Å². The number of benzene rings is 2. The van der Waals surface area contributed by atoms with Gasteiger partial charge in [-0.3, -0.25) is 0 Å². The Bertz CT molecular complexity index is 665. The van der Waals surface area contributed by atoms with E-state index < -0.39 is 5.97 Å². The van der Waals surface area contributed by atoms with Crippen molar-refractivity contribution in [1.29, 1.82) is 0 Å². The summed E-state index contributed by atoms with van der Waals surface area (Å²) in [5.74, 6) is 0.690. The summed E-state index contributed by atoms with van der Waals surface area (Å²) >= 11 is 0. The zero-order chi connectivity index (χ0) is 15.4. The van der Waals surface area contributed by atoms with Crippen LogP contribution in [0.25, 0.3) is 0 Å². The van der Waals surface area contributed by atoms with Crippen molar-refractivity contribution in [3.63, 3.8) is 0 Å². The zero-order valence-electron chi connectivity index (χ0n) is 12.5. The minimum atomic E-state index is -0.444. The van der Waals surface area contributed by atoms with Gasteiger partial charge in [-0.15, -0.1) is 0 Å². The molecule has 0 unspecified atom stereocenters. The number of ether oxygens (including phenoxy) is 2. The van der Waals surface area contributed by atoms with Gasteiger partial charge in [0.25, 0.3) is 0 Å². The highest BCUT2D eigenvalue weighted by Gasteiger charge is 2.14. The van der Waals surface area contributed by atoms with Gasteiger partial charge in [-0.1, -0.05) is 12.1 Å². The molecule has 0 radical (unpaired) electrons. The van der Waals surface area contributed by atoms with E-state index in [0.717, 1.165) is 5.56 Å². The minimum Gasteiger partial charge on any atom is -0.462 e. The molecule has 0 amide bonds. The molecule has 4 nitrogen and oxygen atoms in total. The maximum Gasteiger partial charge on any atom is 0.340 e. The average molecular weight is 285 g/mol. The molecule has 0 saturated carbocycles. The normalized spacial score (nSPS) is 10.2. The van der Waals surface area contributed by atoms with Crippen LogP contribution in [0.3, 0.4) is 0 Å². The van der Waals surface area contributed by atoms with Gasteiger partial charge in [0.1, 0.15) is 5.75 Å². The Morgan fingerprint density at radius 3 is 2.57 bits per heavy atom. The first-order valence-electron chi connectivity index (χ1n) is 6.83. The molecule has 2 rings (SSSR count). The molecular formula is C17H19NO3. The number of esters is 1. The number of aryl methyl sites for hydroxylation is 2. The van der Waals surface area contributed by atoms with Crippen LogP contribution in [0, 0.1) is 13.8 Å². The Labute approximate surface area is 124 Å². The van der Waals surface area contributed by atoms with Gasteiger partial charge in [0.15, 0.2) is 5.75 Å². The molecule has 0 bridgehead atoms. The fraction of sp³-hybridized carbons (Fsp3) is 0.235. The SMILES string of the molecule is CCOC(=O)c1cccc(Oc2ccc(C)c(C)c2)c1N. The van der Waals surface area contributed by atoms with Crippen molar-refractivity contribution in [3.8, 4) is 11.5 Å². The van der Waals surface area contributed by atoms with Crippen LogP contribution >= 0.6 is 0 Å². The van der Waals surface area contributed by atoms with Gasteiger partial charge >= 0.3 is 5.97 Å². The maximum atomic E-state index is 11.8. The van der Waals surface area contributed by atoms with Gasteiger partial charge < -0.3 is 15.2 Å². The molecule has 0 fully saturated rings. The summed E-state index contributed by atoms with van der Waals surface area (Å²) in [4.78, 5) is 11.8. The van der Waals surface area contributed by atoms with E-state index >= 15 is 0 Å². The molecule has 110 valence electrons. The first kappa shape index (κ1) is 14.9. The second kappa shape index (κ2) is 6.31. The summed E-state index contributed by atoms with van der Waals surface area (Å²) < 4.78 is 10.8. The molecule has 0 atom stereocenters. The second-order valence-electron chi connectivity index (χ2n) is 4.79. The van der Waals surface area contributed by atoms with E-state index in [1.54, 1.807) is 25.1 Å². The van der Waals surface area contributed by atoms with Crippen molar-refractivity contribution in [1.82, 2.24) is 0 Å². The molecule has 4 heteroatoms. The summed E-state index contributed by atoms with van der Waals surface area (Å²) in [7, 11) is 0. The molecule has 0 aliphatic carbocycles. The predicted molar refractivity (Wildman–Crippen MR) is 82.8 cm³/mol. The third-order valence-electron chi connectivity index (χ3n) is 3.27. The fourth-order valence-corrected chi connectivity index (χ4v) is 1.92. The molecule has 2 N–H and O–H groups in total. The zero-order valence-corrected chi connectivity index (χ0v) is 12.5. The van der Waals surface area contributed by atoms with Crippen LogP contribution in [-0.4, -0.2) is 12.6 Å². The molecule has 0 aliphatic rings. The molecule has 0 spiro atoms. The van der Waals surface area contributed by atoms with E-state index in [4.69, 9.17) is 15.2 Å². The third-order valence-corrected chi connectivity index (χ3v) is 3.27. The van der Waals surface area contributed by atoms with Crippen molar-refractivity contribution >= 4 is 11.7 Å². The monoisotopic (exact) mass is 285 g/mol. The Hall–Kier alpha value is -2.49. The molecule has 2 aromatic carbocycles. The Kier molecular flexibility index (Phi) is 4.48. The van der Waals surface area contributed by atoms with E-state index in [-0.39, 0.29) is 5.69 Å². The number of nitrogen functional groups attached to an aromatic ring is 1. The smallest absolute Gasteiger partial charge is 0.340 e. The molecule has 2 aromatic rings. The van der Waals surface area contributed by atoms with Crippen molar-refractivity contribution in [2.45, 2.75) is 20.8 Å². The number of anilines is 1. The quantitative estimate of drug-likeness (QED) is 0.684. The van der Waals surface area contributed by atoms with Gasteiger partial charge in [-0.25, -0.2) is 4.79 Å². The highest BCUT2D eigenvalue weighted by Crippen LogP contribution is 2.31. The Morgan fingerprint density at radius 2 is 1.90 bits per heavy atom. The number of rotatable bonds is 4. The van der Waals surface area contributed by atoms with E-state index in [2.05, 4.69) is 0 Å². The van der Waals surface area contributed by atoms with E-state index in [1.807, 2.05) is 32.0 Å². The van der Waals surface area contributed by atoms with Crippen LogP contribution < -0.4 is 10.5 Å². The molecular weight excluding hydrogens is 266 g/mol. The summed E-state index contributed by atoms with van der Waals surface area (Å²) in [5.41, 5.74) is 8.93. The second-order valence-corrected chi connectivity index (χ2v) is 4.79. The largest absolute Gasteiger partial charge is 0.462 e. The first-order chi connectivity index (χ1) is 10.0. The van der Waals surface area contributed by atoms with Gasteiger partial charge in [0, 0.05) is 0 Å². The predicted octanol–water partition coefficient (Wildman–Crippen LogP) is 3.85. The van der Waals surface area contributed by atoms with E-state index in [0.29, 0.717) is 23.7 Å². The summed E-state index contributed by atoms with van der Waals surface area (Å²) in [6.07, 6.45) is 0. The van der Waals surface area contributed by atoms with Crippen molar-refractivity contribution in [3.05, 3.63) is 53.1 Å². The number of nitrogens with two attached hydrogens (primary N) is 1. The lowest BCUT2D eigenvalue weighted by Crippen LogP contribution is -2.08. The lowest BCUT2D eigenvalue weighted by Gasteiger charge is -2.12. The van der Waals surface area contributed by atoms with Gasteiger partial charge in [-0.2, -0.15) is 0 Å². The van der Waals surface area contributed by atoms with Crippen LogP contribution in [0.2, 0.25) is 0 Å². The molecule has 0 heterocycles. The number of carbonyl (C=O) groups is 1.